The first-order valence-corrected chi connectivity index (χ1v) is 7.91. The van der Waals surface area contributed by atoms with E-state index in [0.717, 1.165) is 16.9 Å². The summed E-state index contributed by atoms with van der Waals surface area (Å²) in [6.45, 7) is 0.553. The summed E-state index contributed by atoms with van der Waals surface area (Å²) in [4.78, 5) is 23.6. The van der Waals surface area contributed by atoms with Crippen molar-refractivity contribution in [1.29, 1.82) is 0 Å². The first-order valence-electron chi connectivity index (χ1n) is 7.53. The van der Waals surface area contributed by atoms with Gasteiger partial charge in [-0.05, 0) is 29.7 Å². The number of ether oxygens (including phenoxy) is 1. The summed E-state index contributed by atoms with van der Waals surface area (Å²) in [5, 5.41) is 5.69. The van der Waals surface area contributed by atoms with E-state index >= 15 is 0 Å². The second kappa shape index (κ2) is 8.93. The van der Waals surface area contributed by atoms with Gasteiger partial charge in [0, 0.05) is 18.1 Å². The number of halogens is 1. The summed E-state index contributed by atoms with van der Waals surface area (Å²) in [7, 11) is 1.60. The van der Waals surface area contributed by atoms with Gasteiger partial charge in [0.2, 0.25) is 0 Å². The second-order valence-corrected chi connectivity index (χ2v) is 5.50. The highest BCUT2D eigenvalue weighted by Crippen LogP contribution is 2.17. The second-order valence-electron chi connectivity index (χ2n) is 5.09. The molecule has 0 saturated carbocycles. The summed E-state index contributed by atoms with van der Waals surface area (Å²) >= 11 is 6.00. The van der Waals surface area contributed by atoms with Gasteiger partial charge in [-0.25, -0.2) is 0 Å². The van der Waals surface area contributed by atoms with Gasteiger partial charge < -0.3 is 15.4 Å². The molecule has 0 bridgehead atoms. The highest BCUT2D eigenvalue weighted by atomic mass is 35.5. The van der Waals surface area contributed by atoms with Gasteiger partial charge in [0.25, 0.3) is 0 Å². The smallest absolute Gasteiger partial charge is 0.309 e. The molecule has 2 amide bonds. The number of amides is 2. The highest BCUT2D eigenvalue weighted by Gasteiger charge is 2.13. The molecule has 0 aliphatic carbocycles. The Balaban J connectivity index is 1.78. The van der Waals surface area contributed by atoms with Gasteiger partial charge >= 0.3 is 11.8 Å². The van der Waals surface area contributed by atoms with Crippen molar-refractivity contribution in [3.8, 4) is 5.75 Å². The van der Waals surface area contributed by atoms with Crippen molar-refractivity contribution < 1.29 is 14.3 Å². The Morgan fingerprint density at radius 2 is 1.58 bits per heavy atom. The van der Waals surface area contributed by atoms with Crippen LogP contribution in [0, 0.1) is 0 Å². The molecule has 0 aliphatic heterocycles. The molecule has 0 atom stereocenters. The Morgan fingerprint density at radius 3 is 2.29 bits per heavy atom. The number of carbonyl (C=O) groups is 2. The normalized spacial score (nSPS) is 10.1. The maximum atomic E-state index is 11.8. The fraction of sp³-hybridized carbons (Fsp3) is 0.222. The van der Waals surface area contributed by atoms with Crippen LogP contribution in [0.3, 0.4) is 0 Å². The van der Waals surface area contributed by atoms with Crippen LogP contribution in [0.15, 0.2) is 48.5 Å². The van der Waals surface area contributed by atoms with Gasteiger partial charge in [0.15, 0.2) is 0 Å². The third-order valence-corrected chi connectivity index (χ3v) is 3.84. The minimum absolute atomic E-state index is 0.207. The third kappa shape index (κ3) is 4.99. The lowest BCUT2D eigenvalue weighted by Crippen LogP contribution is -2.40. The summed E-state index contributed by atoms with van der Waals surface area (Å²) in [6, 6.07) is 14.7. The zero-order valence-electron chi connectivity index (χ0n) is 13.3. The largest absolute Gasteiger partial charge is 0.496 e. The van der Waals surface area contributed by atoms with E-state index < -0.39 is 11.8 Å². The number of rotatable bonds is 6. The van der Waals surface area contributed by atoms with Crippen LogP contribution in [-0.4, -0.2) is 25.5 Å². The van der Waals surface area contributed by atoms with E-state index in [0.29, 0.717) is 18.0 Å². The molecule has 5 nitrogen and oxygen atoms in total. The topological polar surface area (TPSA) is 67.4 Å². The number of para-hydroxylation sites is 1. The quantitative estimate of drug-likeness (QED) is 0.789. The lowest BCUT2D eigenvalue weighted by atomic mass is 10.1. The van der Waals surface area contributed by atoms with Crippen LogP contribution >= 0.6 is 11.6 Å². The molecule has 2 aromatic rings. The van der Waals surface area contributed by atoms with Crippen LogP contribution in [0.1, 0.15) is 11.1 Å². The molecule has 2 N–H and O–H groups in total. The molecule has 0 fully saturated rings. The molecule has 2 aromatic carbocycles. The molecule has 0 spiro atoms. The molecular formula is C18H19ClN2O3. The van der Waals surface area contributed by atoms with Gasteiger partial charge in [0.1, 0.15) is 5.75 Å². The van der Waals surface area contributed by atoms with Crippen molar-refractivity contribution in [2.24, 2.45) is 0 Å². The van der Waals surface area contributed by atoms with Crippen LogP contribution in [0.2, 0.25) is 5.02 Å². The average molecular weight is 347 g/mol. The molecule has 0 saturated heterocycles. The van der Waals surface area contributed by atoms with E-state index in [1.54, 1.807) is 25.3 Å². The van der Waals surface area contributed by atoms with Gasteiger partial charge in [-0.3, -0.25) is 9.59 Å². The summed E-state index contributed by atoms with van der Waals surface area (Å²) in [5.74, 6) is -0.596. The zero-order valence-corrected chi connectivity index (χ0v) is 14.1. The van der Waals surface area contributed by atoms with Gasteiger partial charge in [0.05, 0.1) is 7.11 Å². The monoisotopic (exact) mass is 346 g/mol. The first-order chi connectivity index (χ1) is 11.6. The molecule has 0 radical (unpaired) electrons. The number of hydrogen-bond donors (Lipinski definition) is 2. The molecule has 126 valence electrons. The van der Waals surface area contributed by atoms with Crippen molar-refractivity contribution in [3.63, 3.8) is 0 Å². The van der Waals surface area contributed by atoms with Crippen molar-refractivity contribution in [2.75, 3.05) is 13.7 Å². The van der Waals surface area contributed by atoms with Crippen LogP contribution in [0.25, 0.3) is 0 Å². The van der Waals surface area contributed by atoms with E-state index in [-0.39, 0.29) is 6.54 Å². The first kappa shape index (κ1) is 17.8. The number of benzene rings is 2. The van der Waals surface area contributed by atoms with E-state index in [4.69, 9.17) is 16.3 Å². The van der Waals surface area contributed by atoms with Crippen LogP contribution in [0.5, 0.6) is 5.75 Å². The maximum Gasteiger partial charge on any atom is 0.309 e. The number of hydrogen-bond acceptors (Lipinski definition) is 3. The molecular weight excluding hydrogens is 328 g/mol. The number of nitrogens with one attached hydrogen (secondary N) is 2. The molecule has 2 rings (SSSR count). The zero-order chi connectivity index (χ0) is 17.4. The highest BCUT2D eigenvalue weighted by molar-refractivity contribution is 6.35. The molecule has 6 heteroatoms. The van der Waals surface area contributed by atoms with Gasteiger partial charge in [-0.1, -0.05) is 48.0 Å². The molecule has 0 aromatic heterocycles. The fourth-order valence-electron chi connectivity index (χ4n) is 2.20. The molecule has 0 unspecified atom stereocenters. The van der Waals surface area contributed by atoms with E-state index in [2.05, 4.69) is 10.6 Å². The van der Waals surface area contributed by atoms with Crippen molar-refractivity contribution >= 4 is 23.4 Å². The Labute approximate surface area is 146 Å². The summed E-state index contributed by atoms with van der Waals surface area (Å²) < 4.78 is 5.24. The van der Waals surface area contributed by atoms with Crippen molar-refractivity contribution in [1.82, 2.24) is 10.6 Å². The minimum atomic E-state index is -0.685. The lowest BCUT2D eigenvalue weighted by Gasteiger charge is -2.09. The van der Waals surface area contributed by atoms with E-state index in [9.17, 15) is 9.59 Å². The van der Waals surface area contributed by atoms with Crippen molar-refractivity contribution in [3.05, 3.63) is 64.7 Å². The predicted octanol–water partition coefficient (Wildman–Crippen LogP) is 2.32. The Morgan fingerprint density at radius 1 is 0.958 bits per heavy atom. The minimum Gasteiger partial charge on any atom is -0.496 e. The summed E-state index contributed by atoms with van der Waals surface area (Å²) in [6.07, 6.45) is 0.577. The van der Waals surface area contributed by atoms with Crippen LogP contribution < -0.4 is 15.4 Å². The standard InChI is InChI=1S/C18H19ClN2O3/c1-24-16-9-5-3-6-13(16)10-11-20-17(22)18(23)21-12-14-7-2-4-8-15(14)19/h2-9H,10-12H2,1H3,(H,20,22)(H,21,23). The van der Waals surface area contributed by atoms with E-state index in [1.807, 2.05) is 30.3 Å². The van der Waals surface area contributed by atoms with Gasteiger partial charge in [-0.2, -0.15) is 0 Å². The average Bonchev–Trinajstić information content (AvgIpc) is 2.61. The summed E-state index contributed by atoms with van der Waals surface area (Å²) in [5.41, 5.74) is 1.73. The predicted molar refractivity (Wildman–Crippen MR) is 93.0 cm³/mol. The van der Waals surface area contributed by atoms with Crippen LogP contribution in [0.4, 0.5) is 0 Å². The maximum absolute atomic E-state index is 11.8. The fourth-order valence-corrected chi connectivity index (χ4v) is 2.40. The van der Waals surface area contributed by atoms with Gasteiger partial charge in [-0.15, -0.1) is 0 Å². The third-order valence-electron chi connectivity index (χ3n) is 3.48. The number of carbonyl (C=O) groups excluding carboxylic acids is 2. The Kier molecular flexibility index (Phi) is 6.63. The Bertz CT molecular complexity index is 719. The van der Waals surface area contributed by atoms with E-state index in [1.165, 1.54) is 0 Å². The molecule has 0 heterocycles. The number of methoxy groups -OCH3 is 1. The molecule has 0 aliphatic rings. The Hall–Kier alpha value is -2.53. The SMILES string of the molecule is COc1ccccc1CCNC(=O)C(=O)NCc1ccccc1Cl. The van der Waals surface area contributed by atoms with Crippen LogP contribution in [-0.2, 0) is 22.6 Å². The lowest BCUT2D eigenvalue weighted by molar-refractivity contribution is -0.139. The molecule has 24 heavy (non-hydrogen) atoms. The van der Waals surface area contributed by atoms with Crippen molar-refractivity contribution in [2.45, 2.75) is 13.0 Å².